The molecule has 0 amide bonds. The van der Waals surface area contributed by atoms with Gasteiger partial charge in [-0.3, -0.25) is 0 Å². The van der Waals surface area contributed by atoms with Crippen LogP contribution in [0.5, 0.6) is 0 Å². The Bertz CT molecular complexity index is 307. The minimum absolute atomic E-state index is 0.304. The lowest BCUT2D eigenvalue weighted by atomic mass is 9.53. The zero-order valence-corrected chi connectivity index (χ0v) is 11.2. The lowest BCUT2D eigenvalue weighted by Gasteiger charge is -2.51. The fourth-order valence-corrected chi connectivity index (χ4v) is 4.21. The lowest BCUT2D eigenvalue weighted by Crippen LogP contribution is -2.43. The van der Waals surface area contributed by atoms with Gasteiger partial charge in [0.15, 0.2) is 0 Å². The SMILES string of the molecule is C[C@@H]1CC[C@@]2(C)[C@H](C)C(CCO)=CC[C@@]12C. The predicted octanol–water partition coefficient (Wildman–Crippen LogP) is 3.78. The molecule has 0 heterocycles. The van der Waals surface area contributed by atoms with Crippen molar-refractivity contribution >= 4 is 0 Å². The quantitative estimate of drug-likeness (QED) is 0.705. The Hall–Kier alpha value is -0.300. The zero-order valence-electron chi connectivity index (χ0n) is 11.2. The molecule has 0 spiro atoms. The molecule has 1 heteroatoms. The molecule has 1 saturated carbocycles. The highest BCUT2D eigenvalue weighted by Gasteiger charge is 2.56. The Kier molecular flexibility index (Phi) is 2.94. The molecule has 0 aromatic carbocycles. The number of aliphatic hydroxyl groups excluding tert-OH is 1. The van der Waals surface area contributed by atoms with Gasteiger partial charge in [0.25, 0.3) is 0 Å². The van der Waals surface area contributed by atoms with Crippen molar-refractivity contribution in [3.05, 3.63) is 11.6 Å². The highest BCUT2D eigenvalue weighted by atomic mass is 16.2. The topological polar surface area (TPSA) is 20.2 Å². The minimum Gasteiger partial charge on any atom is -0.396 e. The zero-order chi connectivity index (χ0) is 12.0. The molecule has 0 unspecified atom stereocenters. The average molecular weight is 222 g/mol. The number of rotatable bonds is 2. The summed E-state index contributed by atoms with van der Waals surface area (Å²) >= 11 is 0. The molecule has 2 aliphatic rings. The third kappa shape index (κ3) is 1.40. The van der Waals surface area contributed by atoms with E-state index < -0.39 is 0 Å². The molecular weight excluding hydrogens is 196 g/mol. The van der Waals surface area contributed by atoms with E-state index in [0.717, 1.165) is 12.3 Å². The number of allylic oxidation sites excluding steroid dienone is 1. The van der Waals surface area contributed by atoms with Crippen molar-refractivity contribution < 1.29 is 5.11 Å². The summed E-state index contributed by atoms with van der Waals surface area (Å²) in [6, 6.07) is 0. The van der Waals surface area contributed by atoms with E-state index in [1.54, 1.807) is 0 Å². The molecule has 92 valence electrons. The molecule has 1 nitrogen and oxygen atoms in total. The summed E-state index contributed by atoms with van der Waals surface area (Å²) < 4.78 is 0. The maximum Gasteiger partial charge on any atom is 0.0468 e. The molecule has 2 aliphatic carbocycles. The van der Waals surface area contributed by atoms with E-state index in [9.17, 15) is 0 Å². The summed E-state index contributed by atoms with van der Waals surface area (Å²) in [5.41, 5.74) is 2.42. The molecule has 0 aromatic rings. The molecule has 2 rings (SSSR count). The van der Waals surface area contributed by atoms with Crippen LogP contribution in [0.25, 0.3) is 0 Å². The third-order valence-electron chi connectivity index (χ3n) is 6.19. The second-order valence-electron chi connectivity index (χ2n) is 6.45. The Morgan fingerprint density at radius 1 is 1.31 bits per heavy atom. The van der Waals surface area contributed by atoms with Crippen LogP contribution in [0, 0.1) is 22.7 Å². The molecule has 0 aromatic heterocycles. The first-order chi connectivity index (χ1) is 7.45. The van der Waals surface area contributed by atoms with Crippen molar-refractivity contribution in [3.8, 4) is 0 Å². The van der Waals surface area contributed by atoms with Crippen molar-refractivity contribution in [3.63, 3.8) is 0 Å². The molecule has 1 N–H and O–H groups in total. The van der Waals surface area contributed by atoms with Crippen LogP contribution < -0.4 is 0 Å². The van der Waals surface area contributed by atoms with Gasteiger partial charge in [0, 0.05) is 6.61 Å². The Morgan fingerprint density at radius 2 is 2.00 bits per heavy atom. The van der Waals surface area contributed by atoms with Gasteiger partial charge in [0.05, 0.1) is 0 Å². The second kappa shape index (κ2) is 3.87. The maximum absolute atomic E-state index is 9.14. The van der Waals surface area contributed by atoms with E-state index in [2.05, 4.69) is 33.8 Å². The Labute approximate surface area is 99.9 Å². The monoisotopic (exact) mass is 222 g/mol. The summed E-state index contributed by atoms with van der Waals surface area (Å²) in [5.74, 6) is 1.48. The standard InChI is InChI=1S/C15H26O/c1-11-5-8-15(4)12(2)13(7-10-16)6-9-14(11,15)3/h6,11-12,16H,5,7-10H2,1-4H3/t11-,12-,14+,15+/m1/s1. The first-order valence-corrected chi connectivity index (χ1v) is 6.75. The van der Waals surface area contributed by atoms with Crippen LogP contribution in [0.2, 0.25) is 0 Å². The molecule has 16 heavy (non-hydrogen) atoms. The van der Waals surface area contributed by atoms with Gasteiger partial charge < -0.3 is 5.11 Å². The van der Waals surface area contributed by atoms with Crippen LogP contribution in [0.15, 0.2) is 11.6 Å². The van der Waals surface area contributed by atoms with E-state index in [0.29, 0.717) is 23.4 Å². The average Bonchev–Trinajstić information content (AvgIpc) is 2.49. The van der Waals surface area contributed by atoms with Gasteiger partial charge in [0.2, 0.25) is 0 Å². The van der Waals surface area contributed by atoms with Crippen LogP contribution in [-0.4, -0.2) is 11.7 Å². The van der Waals surface area contributed by atoms with Gasteiger partial charge in [-0.1, -0.05) is 39.3 Å². The number of hydrogen-bond donors (Lipinski definition) is 1. The van der Waals surface area contributed by atoms with Crippen LogP contribution in [0.1, 0.15) is 53.4 Å². The number of hydrogen-bond acceptors (Lipinski definition) is 1. The fraction of sp³-hybridized carbons (Fsp3) is 0.867. The summed E-state index contributed by atoms with van der Waals surface area (Å²) in [6.07, 6.45) is 7.24. The third-order valence-corrected chi connectivity index (χ3v) is 6.19. The van der Waals surface area contributed by atoms with Crippen LogP contribution in [0.3, 0.4) is 0 Å². The normalized spacial score (nSPS) is 47.7. The van der Waals surface area contributed by atoms with E-state index in [4.69, 9.17) is 5.11 Å². The van der Waals surface area contributed by atoms with Crippen LogP contribution in [-0.2, 0) is 0 Å². The first-order valence-electron chi connectivity index (χ1n) is 6.75. The lowest BCUT2D eigenvalue weighted by molar-refractivity contribution is 0.0241. The van der Waals surface area contributed by atoms with Gasteiger partial charge in [-0.2, -0.15) is 0 Å². The van der Waals surface area contributed by atoms with E-state index in [1.165, 1.54) is 24.8 Å². The van der Waals surface area contributed by atoms with Crippen molar-refractivity contribution in [1.82, 2.24) is 0 Å². The highest BCUT2D eigenvalue weighted by molar-refractivity contribution is 5.22. The number of fused-ring (bicyclic) bond motifs is 1. The molecular formula is C15H26O. The van der Waals surface area contributed by atoms with Crippen molar-refractivity contribution in [2.75, 3.05) is 6.61 Å². The first kappa shape index (κ1) is 12.2. The summed E-state index contributed by atoms with van der Waals surface area (Å²) in [7, 11) is 0. The molecule has 0 radical (unpaired) electrons. The van der Waals surface area contributed by atoms with Crippen molar-refractivity contribution in [2.45, 2.75) is 53.4 Å². The second-order valence-corrected chi connectivity index (χ2v) is 6.45. The van der Waals surface area contributed by atoms with Crippen LogP contribution >= 0.6 is 0 Å². The van der Waals surface area contributed by atoms with Gasteiger partial charge >= 0.3 is 0 Å². The summed E-state index contributed by atoms with van der Waals surface area (Å²) in [4.78, 5) is 0. The summed E-state index contributed by atoms with van der Waals surface area (Å²) in [5, 5.41) is 9.14. The van der Waals surface area contributed by atoms with Crippen molar-refractivity contribution in [1.29, 1.82) is 0 Å². The van der Waals surface area contributed by atoms with E-state index >= 15 is 0 Å². The number of aliphatic hydroxyl groups is 1. The Morgan fingerprint density at radius 3 is 2.62 bits per heavy atom. The molecule has 4 atom stereocenters. The van der Waals surface area contributed by atoms with Gasteiger partial charge in [-0.25, -0.2) is 0 Å². The van der Waals surface area contributed by atoms with Gasteiger partial charge in [0.1, 0.15) is 0 Å². The molecule has 0 aliphatic heterocycles. The predicted molar refractivity (Wildman–Crippen MR) is 68.2 cm³/mol. The van der Waals surface area contributed by atoms with E-state index in [-0.39, 0.29) is 0 Å². The Balaban J connectivity index is 2.34. The van der Waals surface area contributed by atoms with E-state index in [1.807, 2.05) is 0 Å². The summed E-state index contributed by atoms with van der Waals surface area (Å²) in [6.45, 7) is 10.1. The van der Waals surface area contributed by atoms with Gasteiger partial charge in [-0.15, -0.1) is 0 Å². The fourth-order valence-electron chi connectivity index (χ4n) is 4.21. The molecule has 1 fully saturated rings. The smallest absolute Gasteiger partial charge is 0.0468 e. The molecule has 0 bridgehead atoms. The maximum atomic E-state index is 9.14. The van der Waals surface area contributed by atoms with Crippen LogP contribution in [0.4, 0.5) is 0 Å². The largest absolute Gasteiger partial charge is 0.396 e. The van der Waals surface area contributed by atoms with Crippen molar-refractivity contribution in [2.24, 2.45) is 22.7 Å². The van der Waals surface area contributed by atoms with Gasteiger partial charge in [-0.05, 0) is 48.3 Å². The highest BCUT2D eigenvalue weighted by Crippen LogP contribution is 2.65. The molecule has 0 saturated heterocycles. The minimum atomic E-state index is 0.304.